The Hall–Kier alpha value is -2.41. The van der Waals surface area contributed by atoms with Gasteiger partial charge in [-0.05, 0) is 26.0 Å². The summed E-state index contributed by atoms with van der Waals surface area (Å²) in [6, 6.07) is 5.86. The number of rotatable bonds is 4. The lowest BCUT2D eigenvalue weighted by molar-refractivity contribution is -0.138. The van der Waals surface area contributed by atoms with E-state index in [0.29, 0.717) is 31.9 Å². The number of carbonyl (C=O) groups is 1. The fourth-order valence-electron chi connectivity index (χ4n) is 2.94. The average molecular weight is 344 g/mol. The molecule has 0 aliphatic carbocycles. The number of ether oxygens (including phenoxy) is 1. The van der Waals surface area contributed by atoms with Gasteiger partial charge in [0.1, 0.15) is 17.7 Å². The molecule has 0 aromatic carbocycles. The molecule has 1 saturated heterocycles. The van der Waals surface area contributed by atoms with Gasteiger partial charge in [-0.15, -0.1) is 0 Å². The van der Waals surface area contributed by atoms with Crippen molar-refractivity contribution in [3.63, 3.8) is 0 Å². The molecular formula is C18H24N4O3. The summed E-state index contributed by atoms with van der Waals surface area (Å²) in [6.07, 6.45) is 0.0984. The Labute approximate surface area is 147 Å². The van der Waals surface area contributed by atoms with E-state index in [1.165, 1.54) is 0 Å². The third kappa shape index (κ3) is 3.82. The second kappa shape index (κ2) is 7.23. The molecule has 0 radical (unpaired) electrons. The van der Waals surface area contributed by atoms with Gasteiger partial charge in [0.15, 0.2) is 0 Å². The number of anilines is 1. The number of hydrogen-bond donors (Lipinski definition) is 0. The molecule has 2 aromatic rings. The Bertz CT molecular complexity index is 737. The van der Waals surface area contributed by atoms with E-state index in [-0.39, 0.29) is 12.0 Å². The maximum Gasteiger partial charge on any atom is 0.227 e. The summed E-state index contributed by atoms with van der Waals surface area (Å²) in [5, 5.41) is 3.92. The molecule has 7 heteroatoms. The number of hydrogen-bond acceptors (Lipinski definition) is 6. The third-order valence-corrected chi connectivity index (χ3v) is 4.47. The molecular weight excluding hydrogens is 320 g/mol. The van der Waals surface area contributed by atoms with Crippen LogP contribution in [0.3, 0.4) is 0 Å². The van der Waals surface area contributed by atoms with Crippen molar-refractivity contribution in [1.29, 1.82) is 0 Å². The van der Waals surface area contributed by atoms with Crippen molar-refractivity contribution < 1.29 is 14.1 Å². The van der Waals surface area contributed by atoms with Gasteiger partial charge in [0.25, 0.3) is 0 Å². The average Bonchev–Trinajstić information content (AvgIpc) is 2.94. The van der Waals surface area contributed by atoms with E-state index >= 15 is 0 Å². The standard InChI is InChI=1S/C18H24N4O3/c1-12-14(13(2)25-20-12)10-18(23)22-8-9-24-16(11-22)15-6-5-7-17(19-15)21(3)4/h5-7,16H,8-11H2,1-4H3. The van der Waals surface area contributed by atoms with Gasteiger partial charge in [-0.1, -0.05) is 11.2 Å². The number of aromatic nitrogens is 2. The van der Waals surface area contributed by atoms with Crippen LogP contribution in [0, 0.1) is 13.8 Å². The van der Waals surface area contributed by atoms with Gasteiger partial charge >= 0.3 is 0 Å². The van der Waals surface area contributed by atoms with Gasteiger partial charge < -0.3 is 19.1 Å². The lowest BCUT2D eigenvalue weighted by atomic mass is 10.1. The van der Waals surface area contributed by atoms with Crippen LogP contribution in [0.25, 0.3) is 0 Å². The first-order valence-electron chi connectivity index (χ1n) is 8.41. The Balaban J connectivity index is 1.70. The maximum absolute atomic E-state index is 12.7. The van der Waals surface area contributed by atoms with Crippen LogP contribution < -0.4 is 4.90 Å². The van der Waals surface area contributed by atoms with Crippen LogP contribution in [0.5, 0.6) is 0 Å². The highest BCUT2D eigenvalue weighted by Crippen LogP contribution is 2.23. The SMILES string of the molecule is Cc1noc(C)c1CC(=O)N1CCOC(c2cccc(N(C)C)n2)C1. The molecule has 134 valence electrons. The first-order valence-corrected chi connectivity index (χ1v) is 8.41. The maximum atomic E-state index is 12.7. The zero-order valence-corrected chi connectivity index (χ0v) is 15.2. The van der Waals surface area contributed by atoms with Crippen molar-refractivity contribution in [2.24, 2.45) is 0 Å². The van der Waals surface area contributed by atoms with Crippen LogP contribution >= 0.6 is 0 Å². The molecule has 7 nitrogen and oxygen atoms in total. The molecule has 0 spiro atoms. The van der Waals surface area contributed by atoms with Gasteiger partial charge in [0.2, 0.25) is 5.91 Å². The molecule has 0 bridgehead atoms. The van der Waals surface area contributed by atoms with Crippen LogP contribution in [0.2, 0.25) is 0 Å². The largest absolute Gasteiger partial charge is 0.368 e. The van der Waals surface area contributed by atoms with Gasteiger partial charge in [0.05, 0.1) is 31.0 Å². The Kier molecular flexibility index (Phi) is 5.03. The Morgan fingerprint density at radius 2 is 2.16 bits per heavy atom. The Morgan fingerprint density at radius 1 is 1.36 bits per heavy atom. The van der Waals surface area contributed by atoms with Crippen LogP contribution in [-0.2, 0) is 16.0 Å². The molecule has 1 aliphatic rings. The summed E-state index contributed by atoms with van der Waals surface area (Å²) in [5.74, 6) is 1.64. The van der Waals surface area contributed by atoms with E-state index in [1.54, 1.807) is 0 Å². The van der Waals surface area contributed by atoms with Crippen molar-refractivity contribution in [1.82, 2.24) is 15.0 Å². The summed E-state index contributed by atoms with van der Waals surface area (Å²) >= 11 is 0. The van der Waals surface area contributed by atoms with Crippen LogP contribution in [0.15, 0.2) is 22.7 Å². The first kappa shape index (κ1) is 17.4. The smallest absolute Gasteiger partial charge is 0.227 e. The number of amides is 1. The molecule has 1 atom stereocenters. The fraction of sp³-hybridized carbons (Fsp3) is 0.500. The molecule has 1 amide bonds. The number of aryl methyl sites for hydroxylation is 2. The number of carbonyl (C=O) groups excluding carboxylic acids is 1. The molecule has 1 aliphatic heterocycles. The van der Waals surface area contributed by atoms with Crippen LogP contribution in [0.1, 0.15) is 28.8 Å². The summed E-state index contributed by atoms with van der Waals surface area (Å²) in [4.78, 5) is 21.1. The van der Waals surface area contributed by atoms with Crippen molar-refractivity contribution >= 4 is 11.7 Å². The molecule has 3 heterocycles. The Morgan fingerprint density at radius 3 is 2.84 bits per heavy atom. The topological polar surface area (TPSA) is 71.7 Å². The number of morpholine rings is 1. The lowest BCUT2D eigenvalue weighted by Crippen LogP contribution is -2.43. The van der Waals surface area contributed by atoms with Crippen molar-refractivity contribution in [2.45, 2.75) is 26.4 Å². The molecule has 2 aromatic heterocycles. The lowest BCUT2D eigenvalue weighted by Gasteiger charge is -2.33. The number of nitrogens with zero attached hydrogens (tertiary/aromatic N) is 4. The zero-order chi connectivity index (χ0) is 18.0. The van der Waals surface area contributed by atoms with E-state index in [2.05, 4.69) is 10.1 Å². The molecule has 0 saturated carbocycles. The van der Waals surface area contributed by atoms with E-state index in [1.807, 2.05) is 55.9 Å². The molecule has 25 heavy (non-hydrogen) atoms. The summed E-state index contributed by atoms with van der Waals surface area (Å²) in [5.41, 5.74) is 2.50. The summed E-state index contributed by atoms with van der Waals surface area (Å²) < 4.78 is 11.0. The van der Waals surface area contributed by atoms with E-state index in [4.69, 9.17) is 9.26 Å². The van der Waals surface area contributed by atoms with E-state index in [9.17, 15) is 4.79 Å². The molecule has 3 rings (SSSR count). The van der Waals surface area contributed by atoms with E-state index < -0.39 is 0 Å². The molecule has 1 fully saturated rings. The number of pyridine rings is 1. The van der Waals surface area contributed by atoms with Crippen molar-refractivity contribution in [3.05, 3.63) is 40.9 Å². The normalized spacial score (nSPS) is 17.6. The predicted octanol–water partition coefficient (Wildman–Crippen LogP) is 1.90. The second-order valence-electron chi connectivity index (χ2n) is 6.49. The minimum Gasteiger partial charge on any atom is -0.368 e. The molecule has 1 unspecified atom stereocenters. The third-order valence-electron chi connectivity index (χ3n) is 4.47. The quantitative estimate of drug-likeness (QED) is 0.843. The fourth-order valence-corrected chi connectivity index (χ4v) is 2.94. The minimum atomic E-state index is -0.206. The second-order valence-corrected chi connectivity index (χ2v) is 6.49. The summed E-state index contributed by atoms with van der Waals surface area (Å²) in [7, 11) is 3.90. The highest BCUT2D eigenvalue weighted by Gasteiger charge is 2.27. The van der Waals surface area contributed by atoms with E-state index in [0.717, 1.165) is 22.8 Å². The minimum absolute atomic E-state index is 0.0615. The highest BCUT2D eigenvalue weighted by molar-refractivity contribution is 5.79. The van der Waals surface area contributed by atoms with Gasteiger partial charge in [-0.2, -0.15) is 0 Å². The van der Waals surface area contributed by atoms with Gasteiger partial charge in [0, 0.05) is 26.2 Å². The monoisotopic (exact) mass is 344 g/mol. The predicted molar refractivity (Wildman–Crippen MR) is 93.5 cm³/mol. The van der Waals surface area contributed by atoms with Crippen molar-refractivity contribution in [3.8, 4) is 0 Å². The van der Waals surface area contributed by atoms with Crippen LogP contribution in [-0.4, -0.2) is 54.7 Å². The summed E-state index contributed by atoms with van der Waals surface area (Å²) in [6.45, 7) is 5.29. The molecule has 0 N–H and O–H groups in total. The van der Waals surface area contributed by atoms with Gasteiger partial charge in [-0.25, -0.2) is 4.98 Å². The highest BCUT2D eigenvalue weighted by atomic mass is 16.5. The van der Waals surface area contributed by atoms with Gasteiger partial charge in [-0.3, -0.25) is 4.79 Å². The zero-order valence-electron chi connectivity index (χ0n) is 15.2. The van der Waals surface area contributed by atoms with Crippen LogP contribution in [0.4, 0.5) is 5.82 Å². The first-order chi connectivity index (χ1) is 12.0. The van der Waals surface area contributed by atoms with Crippen molar-refractivity contribution in [2.75, 3.05) is 38.7 Å².